The number of imidazole rings is 1. The Morgan fingerprint density at radius 2 is 1.86 bits per heavy atom. The Bertz CT molecular complexity index is 980. The number of hydrogen-bond acceptors (Lipinski definition) is 5. The normalized spacial score (nSPS) is 18.5. The predicted molar refractivity (Wildman–Crippen MR) is 101 cm³/mol. The number of likely N-dealkylation sites (tertiary alicyclic amines) is 1. The van der Waals surface area contributed by atoms with Gasteiger partial charge in [-0.05, 0) is 38.6 Å². The first kappa shape index (κ1) is 18.7. The van der Waals surface area contributed by atoms with Crippen LogP contribution in [0.4, 0.5) is 19.0 Å². The van der Waals surface area contributed by atoms with Crippen LogP contribution in [-0.4, -0.2) is 50.8 Å². The lowest BCUT2D eigenvalue weighted by atomic mass is 10.1. The molecule has 2 aromatic heterocycles. The molecule has 1 atom stereocenters. The van der Waals surface area contributed by atoms with E-state index in [4.69, 9.17) is 0 Å². The molecule has 0 saturated carbocycles. The highest BCUT2D eigenvalue weighted by Crippen LogP contribution is 2.33. The number of benzene rings is 1. The van der Waals surface area contributed by atoms with Crippen LogP contribution in [-0.2, 0) is 13.2 Å². The number of nitrogens with one attached hydrogen (secondary N) is 1. The predicted octanol–water partition coefficient (Wildman–Crippen LogP) is 3.56. The number of halogens is 3. The van der Waals surface area contributed by atoms with E-state index in [1.54, 1.807) is 6.33 Å². The van der Waals surface area contributed by atoms with E-state index in [2.05, 4.69) is 32.4 Å². The van der Waals surface area contributed by atoms with Crippen LogP contribution in [0.3, 0.4) is 0 Å². The molecule has 3 heterocycles. The van der Waals surface area contributed by atoms with Gasteiger partial charge in [-0.3, -0.25) is 0 Å². The molecule has 4 rings (SSSR count). The average molecular weight is 390 g/mol. The number of rotatable bonds is 3. The van der Waals surface area contributed by atoms with Crippen molar-refractivity contribution in [3.05, 3.63) is 36.2 Å². The Hall–Kier alpha value is -2.68. The fourth-order valence-electron chi connectivity index (χ4n) is 3.66. The second-order valence-electron chi connectivity index (χ2n) is 7.27. The van der Waals surface area contributed by atoms with Gasteiger partial charge in [-0.1, -0.05) is 12.1 Å². The maximum absolute atomic E-state index is 12.8. The molecule has 1 aliphatic heterocycles. The van der Waals surface area contributed by atoms with Crippen LogP contribution in [0.2, 0.25) is 0 Å². The summed E-state index contributed by atoms with van der Waals surface area (Å²) in [4.78, 5) is 6.71. The van der Waals surface area contributed by atoms with Gasteiger partial charge < -0.3 is 14.8 Å². The van der Waals surface area contributed by atoms with Gasteiger partial charge in [0.25, 0.3) is 0 Å². The summed E-state index contributed by atoms with van der Waals surface area (Å²) in [5.41, 5.74) is 1.79. The van der Waals surface area contributed by atoms with E-state index in [1.807, 2.05) is 11.6 Å². The van der Waals surface area contributed by atoms with Crippen LogP contribution < -0.4 is 5.32 Å². The van der Waals surface area contributed by atoms with Crippen LogP contribution in [0, 0.1) is 0 Å². The fraction of sp³-hybridized carbons (Fsp3) is 0.421. The van der Waals surface area contributed by atoms with E-state index in [9.17, 15) is 13.2 Å². The van der Waals surface area contributed by atoms with Gasteiger partial charge in [0.15, 0.2) is 5.82 Å². The molecule has 0 bridgehead atoms. The molecular weight excluding hydrogens is 369 g/mol. The minimum Gasteiger partial charge on any atom is -0.363 e. The zero-order valence-corrected chi connectivity index (χ0v) is 15.7. The van der Waals surface area contributed by atoms with Crippen molar-refractivity contribution in [2.75, 3.05) is 25.5 Å². The summed E-state index contributed by atoms with van der Waals surface area (Å²) in [5.74, 6) is 0.603. The van der Waals surface area contributed by atoms with E-state index in [0.29, 0.717) is 22.6 Å². The highest BCUT2D eigenvalue weighted by Gasteiger charge is 2.30. The SMILES string of the molecule is CN1CCC[C@@H](Nc2nnc(-c3ccc(C(F)(F)F)cc3)c3c2ncn3C)C1. The number of alkyl halides is 3. The Morgan fingerprint density at radius 1 is 1.11 bits per heavy atom. The number of fused-ring (bicyclic) bond motifs is 1. The average Bonchev–Trinajstić information content (AvgIpc) is 3.04. The second kappa shape index (κ2) is 7.05. The third-order valence-electron chi connectivity index (χ3n) is 5.09. The number of hydrogen-bond donors (Lipinski definition) is 1. The minimum atomic E-state index is -4.37. The standard InChI is InChI=1S/C19H21F3N6/c1-27-9-3-4-14(10-27)24-18-16-17(28(2)11-23-16)15(25-26-18)12-5-7-13(8-6-12)19(20,21)22/h5-8,11,14H,3-4,9-10H2,1-2H3,(H,24,26)/t14-/m1/s1. The highest BCUT2D eigenvalue weighted by molar-refractivity contribution is 5.95. The van der Waals surface area contributed by atoms with Gasteiger partial charge in [0.05, 0.1) is 11.9 Å². The molecular formula is C19H21F3N6. The number of aromatic nitrogens is 4. The van der Waals surface area contributed by atoms with Crippen LogP contribution in [0.5, 0.6) is 0 Å². The molecule has 6 nitrogen and oxygen atoms in total. The molecule has 0 unspecified atom stereocenters. The van der Waals surface area contributed by atoms with Crippen molar-refractivity contribution in [2.24, 2.45) is 7.05 Å². The molecule has 0 spiro atoms. The van der Waals surface area contributed by atoms with Crippen LogP contribution in [0.1, 0.15) is 18.4 Å². The lowest BCUT2D eigenvalue weighted by Gasteiger charge is -2.30. The highest BCUT2D eigenvalue weighted by atomic mass is 19.4. The van der Waals surface area contributed by atoms with E-state index in [1.165, 1.54) is 12.1 Å². The number of piperidine rings is 1. The van der Waals surface area contributed by atoms with Crippen molar-refractivity contribution in [3.8, 4) is 11.3 Å². The first-order valence-corrected chi connectivity index (χ1v) is 9.13. The van der Waals surface area contributed by atoms with Gasteiger partial charge in [0, 0.05) is 25.2 Å². The third kappa shape index (κ3) is 3.54. The van der Waals surface area contributed by atoms with E-state index in [-0.39, 0.29) is 6.04 Å². The number of anilines is 1. The Balaban J connectivity index is 1.70. The molecule has 1 aliphatic rings. The first-order chi connectivity index (χ1) is 13.3. The summed E-state index contributed by atoms with van der Waals surface area (Å²) in [5, 5.41) is 12.1. The van der Waals surface area contributed by atoms with Crippen molar-refractivity contribution in [2.45, 2.75) is 25.1 Å². The van der Waals surface area contributed by atoms with Crippen LogP contribution in [0.25, 0.3) is 22.3 Å². The van der Waals surface area contributed by atoms with Crippen molar-refractivity contribution >= 4 is 16.9 Å². The van der Waals surface area contributed by atoms with Gasteiger partial charge >= 0.3 is 6.18 Å². The maximum Gasteiger partial charge on any atom is 0.416 e. The van der Waals surface area contributed by atoms with Crippen molar-refractivity contribution < 1.29 is 13.2 Å². The summed E-state index contributed by atoms with van der Waals surface area (Å²) in [6.45, 7) is 1.99. The van der Waals surface area contributed by atoms with E-state index in [0.717, 1.165) is 43.6 Å². The van der Waals surface area contributed by atoms with Crippen LogP contribution >= 0.6 is 0 Å². The maximum atomic E-state index is 12.8. The van der Waals surface area contributed by atoms with Crippen molar-refractivity contribution in [1.29, 1.82) is 0 Å². The molecule has 148 valence electrons. The Labute approximate surface area is 160 Å². The van der Waals surface area contributed by atoms with Gasteiger partial charge in [0.2, 0.25) is 0 Å². The third-order valence-corrected chi connectivity index (χ3v) is 5.09. The molecule has 0 radical (unpaired) electrons. The number of aryl methyl sites for hydroxylation is 1. The number of nitrogens with zero attached hydrogens (tertiary/aromatic N) is 5. The molecule has 0 aliphatic carbocycles. The smallest absolute Gasteiger partial charge is 0.363 e. The lowest BCUT2D eigenvalue weighted by molar-refractivity contribution is -0.137. The van der Waals surface area contributed by atoms with Gasteiger partial charge in [0.1, 0.15) is 16.7 Å². The summed E-state index contributed by atoms with van der Waals surface area (Å²) >= 11 is 0. The second-order valence-corrected chi connectivity index (χ2v) is 7.27. The lowest BCUT2D eigenvalue weighted by Crippen LogP contribution is -2.40. The largest absolute Gasteiger partial charge is 0.416 e. The fourth-order valence-corrected chi connectivity index (χ4v) is 3.66. The molecule has 1 N–H and O–H groups in total. The molecule has 28 heavy (non-hydrogen) atoms. The van der Waals surface area contributed by atoms with E-state index < -0.39 is 11.7 Å². The quantitative estimate of drug-likeness (QED) is 0.741. The van der Waals surface area contributed by atoms with Crippen molar-refractivity contribution in [1.82, 2.24) is 24.6 Å². The minimum absolute atomic E-state index is 0.259. The molecule has 9 heteroatoms. The Kier molecular flexibility index (Phi) is 4.70. The Morgan fingerprint density at radius 3 is 2.54 bits per heavy atom. The first-order valence-electron chi connectivity index (χ1n) is 9.13. The summed E-state index contributed by atoms with van der Waals surface area (Å²) in [6, 6.07) is 5.22. The van der Waals surface area contributed by atoms with E-state index >= 15 is 0 Å². The zero-order chi connectivity index (χ0) is 19.9. The summed E-state index contributed by atoms with van der Waals surface area (Å²) in [7, 11) is 3.92. The topological polar surface area (TPSA) is 58.9 Å². The van der Waals surface area contributed by atoms with Crippen LogP contribution in [0.15, 0.2) is 30.6 Å². The molecule has 0 amide bonds. The van der Waals surface area contributed by atoms with Crippen molar-refractivity contribution in [3.63, 3.8) is 0 Å². The van der Waals surface area contributed by atoms with Gasteiger partial charge in [-0.2, -0.15) is 13.2 Å². The molecule has 1 fully saturated rings. The zero-order valence-electron chi connectivity index (χ0n) is 15.7. The van der Waals surface area contributed by atoms with Gasteiger partial charge in [-0.25, -0.2) is 4.98 Å². The molecule has 3 aromatic rings. The number of likely N-dealkylation sites (N-methyl/N-ethyl adjacent to an activating group) is 1. The summed E-state index contributed by atoms with van der Waals surface area (Å²) in [6.07, 6.45) is -0.551. The monoisotopic (exact) mass is 390 g/mol. The molecule has 1 saturated heterocycles. The van der Waals surface area contributed by atoms with Gasteiger partial charge in [-0.15, -0.1) is 10.2 Å². The molecule has 1 aromatic carbocycles. The summed E-state index contributed by atoms with van der Waals surface area (Å²) < 4.78 is 40.3.